The predicted molar refractivity (Wildman–Crippen MR) is 54.1 cm³/mol. The van der Waals surface area contributed by atoms with Crippen LogP contribution >= 0.6 is 0 Å². The van der Waals surface area contributed by atoms with E-state index in [9.17, 15) is 0 Å². The van der Waals surface area contributed by atoms with Gasteiger partial charge < -0.3 is 4.90 Å². The lowest BCUT2D eigenvalue weighted by Gasteiger charge is -2.12. The molecule has 2 rings (SSSR count). The molecule has 0 atom stereocenters. The minimum atomic E-state index is 0.929. The highest BCUT2D eigenvalue weighted by molar-refractivity contribution is 5.47. The quantitative estimate of drug-likeness (QED) is 0.643. The molecule has 1 aromatic rings. The van der Waals surface area contributed by atoms with Crippen molar-refractivity contribution >= 4 is 5.82 Å². The van der Waals surface area contributed by atoms with Crippen molar-refractivity contribution in [1.29, 1.82) is 0 Å². The van der Waals surface area contributed by atoms with Crippen molar-refractivity contribution in [2.75, 3.05) is 4.90 Å². The van der Waals surface area contributed by atoms with Crippen molar-refractivity contribution in [2.24, 2.45) is 0 Å². The molecule has 0 fully saturated rings. The first-order valence-corrected chi connectivity index (χ1v) is 4.18. The number of nitrogens with zero attached hydrogens (tertiary/aromatic N) is 2. The van der Waals surface area contributed by atoms with Crippen LogP contribution in [-0.2, 0) is 0 Å². The van der Waals surface area contributed by atoms with Gasteiger partial charge in [0.2, 0.25) is 0 Å². The second-order valence-corrected chi connectivity index (χ2v) is 2.66. The SMILES string of the molecule is C1=CC=CN(c2ccccn2)C=C1. The van der Waals surface area contributed by atoms with Gasteiger partial charge in [0.15, 0.2) is 0 Å². The summed E-state index contributed by atoms with van der Waals surface area (Å²) in [4.78, 5) is 6.21. The van der Waals surface area contributed by atoms with E-state index in [-0.39, 0.29) is 0 Å². The molecule has 0 aromatic carbocycles. The van der Waals surface area contributed by atoms with E-state index in [4.69, 9.17) is 0 Å². The first-order chi connectivity index (χ1) is 6.47. The molecule has 13 heavy (non-hydrogen) atoms. The number of allylic oxidation sites excluding steroid dienone is 4. The van der Waals surface area contributed by atoms with Crippen LogP contribution in [0.25, 0.3) is 0 Å². The number of anilines is 1. The van der Waals surface area contributed by atoms with Crippen LogP contribution in [0.3, 0.4) is 0 Å². The van der Waals surface area contributed by atoms with Gasteiger partial charge in [0, 0.05) is 18.6 Å². The summed E-state index contributed by atoms with van der Waals surface area (Å²) in [6, 6.07) is 5.86. The first kappa shape index (κ1) is 7.80. The summed E-state index contributed by atoms with van der Waals surface area (Å²) in [6.07, 6.45) is 13.7. The highest BCUT2D eigenvalue weighted by atomic mass is 15.1. The molecule has 0 amide bonds. The highest BCUT2D eigenvalue weighted by Crippen LogP contribution is 2.11. The van der Waals surface area contributed by atoms with Gasteiger partial charge in [-0.05, 0) is 24.3 Å². The molecular weight excluding hydrogens is 160 g/mol. The smallest absolute Gasteiger partial charge is 0.136 e. The molecule has 0 N–H and O–H groups in total. The molecule has 0 saturated carbocycles. The molecule has 64 valence electrons. The summed E-state index contributed by atoms with van der Waals surface area (Å²) in [5.74, 6) is 0.929. The first-order valence-electron chi connectivity index (χ1n) is 4.18. The second kappa shape index (κ2) is 3.72. The predicted octanol–water partition coefficient (Wildman–Crippen LogP) is 2.49. The van der Waals surface area contributed by atoms with E-state index in [1.54, 1.807) is 6.20 Å². The molecule has 1 aliphatic rings. The van der Waals surface area contributed by atoms with Crippen LogP contribution in [0.2, 0.25) is 0 Å². The Hall–Kier alpha value is -1.83. The van der Waals surface area contributed by atoms with Crippen molar-refractivity contribution in [2.45, 2.75) is 0 Å². The Labute approximate surface area is 77.5 Å². The van der Waals surface area contributed by atoms with E-state index in [2.05, 4.69) is 4.98 Å². The molecule has 0 spiro atoms. The van der Waals surface area contributed by atoms with Crippen LogP contribution in [0.4, 0.5) is 5.82 Å². The zero-order valence-corrected chi connectivity index (χ0v) is 7.17. The molecule has 2 nitrogen and oxygen atoms in total. The molecule has 2 heterocycles. The van der Waals surface area contributed by atoms with Gasteiger partial charge in [-0.1, -0.05) is 18.2 Å². The maximum atomic E-state index is 4.24. The fourth-order valence-corrected chi connectivity index (χ4v) is 1.12. The fourth-order valence-electron chi connectivity index (χ4n) is 1.12. The Morgan fingerprint density at radius 3 is 2.31 bits per heavy atom. The normalized spacial score (nSPS) is 14.6. The summed E-state index contributed by atoms with van der Waals surface area (Å²) < 4.78 is 0. The zero-order chi connectivity index (χ0) is 8.93. The summed E-state index contributed by atoms with van der Waals surface area (Å²) >= 11 is 0. The number of pyridine rings is 1. The van der Waals surface area contributed by atoms with Gasteiger partial charge in [-0.3, -0.25) is 0 Å². The maximum Gasteiger partial charge on any atom is 0.136 e. The molecule has 0 saturated heterocycles. The third-order valence-corrected chi connectivity index (χ3v) is 1.74. The summed E-state index contributed by atoms with van der Waals surface area (Å²) in [7, 11) is 0. The molecular formula is C11H10N2. The molecule has 0 aliphatic carbocycles. The second-order valence-electron chi connectivity index (χ2n) is 2.66. The van der Waals surface area contributed by atoms with Crippen LogP contribution in [0.1, 0.15) is 0 Å². The summed E-state index contributed by atoms with van der Waals surface area (Å²) in [6.45, 7) is 0. The maximum absolute atomic E-state index is 4.24. The van der Waals surface area contributed by atoms with Crippen LogP contribution < -0.4 is 4.90 Å². The van der Waals surface area contributed by atoms with E-state index >= 15 is 0 Å². The average molecular weight is 170 g/mol. The Bertz CT molecular complexity index is 334. The van der Waals surface area contributed by atoms with Gasteiger partial charge in [-0.2, -0.15) is 0 Å². The van der Waals surface area contributed by atoms with Crippen molar-refractivity contribution in [3.8, 4) is 0 Å². The van der Waals surface area contributed by atoms with E-state index in [1.807, 2.05) is 59.8 Å². The molecule has 2 heteroatoms. The Morgan fingerprint density at radius 1 is 0.923 bits per heavy atom. The van der Waals surface area contributed by atoms with Gasteiger partial charge in [-0.15, -0.1) is 0 Å². The third-order valence-electron chi connectivity index (χ3n) is 1.74. The Balaban J connectivity index is 2.27. The van der Waals surface area contributed by atoms with E-state index in [1.165, 1.54) is 0 Å². The lowest BCUT2D eigenvalue weighted by molar-refractivity contribution is 1.17. The van der Waals surface area contributed by atoms with Crippen molar-refractivity contribution in [3.05, 3.63) is 61.1 Å². The fraction of sp³-hybridized carbons (Fsp3) is 0. The van der Waals surface area contributed by atoms with Gasteiger partial charge in [0.05, 0.1) is 0 Å². The summed E-state index contributed by atoms with van der Waals surface area (Å²) in [5.41, 5.74) is 0. The topological polar surface area (TPSA) is 16.1 Å². The van der Waals surface area contributed by atoms with Crippen LogP contribution in [0.5, 0.6) is 0 Å². The Kier molecular flexibility index (Phi) is 2.23. The minimum Gasteiger partial charge on any atom is -0.309 e. The molecule has 0 bridgehead atoms. The zero-order valence-electron chi connectivity index (χ0n) is 7.17. The number of aromatic nitrogens is 1. The standard InChI is InChI=1S/C11H10N2/c1-2-6-10-13(9-5-1)11-7-3-4-8-12-11/h1-10H. The molecule has 1 aromatic heterocycles. The largest absolute Gasteiger partial charge is 0.309 e. The average Bonchev–Trinajstić information content (AvgIpc) is 2.47. The highest BCUT2D eigenvalue weighted by Gasteiger charge is 1.98. The van der Waals surface area contributed by atoms with Crippen molar-refractivity contribution in [3.63, 3.8) is 0 Å². The van der Waals surface area contributed by atoms with Crippen LogP contribution in [-0.4, -0.2) is 4.98 Å². The third kappa shape index (κ3) is 1.85. The number of rotatable bonds is 1. The lowest BCUT2D eigenvalue weighted by atomic mass is 10.4. The van der Waals surface area contributed by atoms with E-state index < -0.39 is 0 Å². The van der Waals surface area contributed by atoms with Gasteiger partial charge in [-0.25, -0.2) is 4.98 Å². The molecule has 0 radical (unpaired) electrons. The van der Waals surface area contributed by atoms with Crippen LogP contribution in [0, 0.1) is 0 Å². The monoisotopic (exact) mass is 170 g/mol. The summed E-state index contributed by atoms with van der Waals surface area (Å²) in [5, 5.41) is 0. The van der Waals surface area contributed by atoms with Gasteiger partial charge in [0.1, 0.15) is 5.82 Å². The molecule has 0 unspecified atom stereocenters. The van der Waals surface area contributed by atoms with E-state index in [0.717, 1.165) is 5.82 Å². The van der Waals surface area contributed by atoms with Gasteiger partial charge >= 0.3 is 0 Å². The number of hydrogen-bond acceptors (Lipinski definition) is 2. The van der Waals surface area contributed by atoms with Crippen LogP contribution in [0.15, 0.2) is 61.1 Å². The lowest BCUT2D eigenvalue weighted by Crippen LogP contribution is -2.07. The molecule has 1 aliphatic heterocycles. The Morgan fingerprint density at radius 2 is 1.69 bits per heavy atom. The minimum absolute atomic E-state index is 0.929. The van der Waals surface area contributed by atoms with Crippen molar-refractivity contribution < 1.29 is 0 Å². The van der Waals surface area contributed by atoms with Crippen molar-refractivity contribution in [1.82, 2.24) is 4.98 Å². The number of hydrogen-bond donors (Lipinski definition) is 0. The van der Waals surface area contributed by atoms with E-state index in [0.29, 0.717) is 0 Å². The van der Waals surface area contributed by atoms with Gasteiger partial charge in [0.25, 0.3) is 0 Å².